The number of aromatic nitrogens is 3. The fraction of sp³-hybridized carbons (Fsp3) is 0.433. The van der Waals surface area contributed by atoms with E-state index in [2.05, 4.69) is 46.3 Å². The molecule has 4 aromatic rings. The summed E-state index contributed by atoms with van der Waals surface area (Å²) in [4.78, 5) is 17.2. The van der Waals surface area contributed by atoms with E-state index in [1.54, 1.807) is 6.92 Å². The van der Waals surface area contributed by atoms with Crippen LogP contribution in [0.3, 0.4) is 0 Å². The molecule has 2 aliphatic rings. The molecule has 2 saturated carbocycles. The molecule has 0 N–H and O–H groups in total. The topological polar surface area (TPSA) is 60.9 Å². The Labute approximate surface area is 206 Å². The van der Waals surface area contributed by atoms with Crippen LogP contribution in [0.2, 0.25) is 0 Å². The van der Waals surface area contributed by atoms with Gasteiger partial charge >= 0.3 is 0 Å². The van der Waals surface area contributed by atoms with Crippen LogP contribution in [0.25, 0.3) is 33.3 Å². The van der Waals surface area contributed by atoms with Crippen molar-refractivity contribution in [3.63, 3.8) is 0 Å². The molecule has 35 heavy (non-hydrogen) atoms. The fourth-order valence-corrected chi connectivity index (χ4v) is 6.15. The average Bonchev–Trinajstić information content (AvgIpc) is 3.53. The number of benzene rings is 1. The first kappa shape index (κ1) is 22.3. The van der Waals surface area contributed by atoms with Gasteiger partial charge in [-0.2, -0.15) is 0 Å². The minimum absolute atomic E-state index is 0.241. The van der Waals surface area contributed by atoms with Crippen LogP contribution in [-0.4, -0.2) is 20.5 Å². The molecular weight excluding hydrogens is 434 g/mol. The summed E-state index contributed by atoms with van der Waals surface area (Å²) >= 11 is 0. The van der Waals surface area contributed by atoms with Crippen LogP contribution in [0.1, 0.15) is 68.9 Å². The Balaban J connectivity index is 1.44. The first-order valence-electron chi connectivity index (χ1n) is 13.0. The molecule has 0 aliphatic heterocycles. The Morgan fingerprint density at radius 3 is 2.46 bits per heavy atom. The van der Waals surface area contributed by atoms with Crippen molar-refractivity contribution in [3.05, 3.63) is 59.7 Å². The standard InChI is InChI=1S/C30H33N3O2/c1-19-28(20(2)35-32-19)24-15-27-29(31-16-24)26(18-33(27)17-22-7-5-4-6-8-22)23-9-11-25(12-10-23)30(13-14-30)21(3)34/h9-12,15-16,18,22H,4-8,13-14,17H2,1-3H3. The molecule has 3 heterocycles. The van der Waals surface area contributed by atoms with Crippen LogP contribution < -0.4 is 0 Å². The van der Waals surface area contributed by atoms with Crippen LogP contribution in [0, 0.1) is 19.8 Å². The number of Topliss-reactive ketones (excluding diaryl/α,β-unsaturated/α-hetero) is 1. The molecule has 180 valence electrons. The molecule has 1 aromatic carbocycles. The maximum Gasteiger partial charge on any atom is 0.141 e. The summed E-state index contributed by atoms with van der Waals surface area (Å²) in [6.07, 6.45) is 12.8. The van der Waals surface area contributed by atoms with Crippen LogP contribution in [0.4, 0.5) is 0 Å². The normalized spacial score (nSPS) is 17.7. The van der Waals surface area contributed by atoms with Gasteiger partial charge in [0.1, 0.15) is 11.5 Å². The van der Waals surface area contributed by atoms with Crippen LogP contribution in [-0.2, 0) is 16.8 Å². The van der Waals surface area contributed by atoms with Crippen LogP contribution in [0.15, 0.2) is 47.2 Å². The van der Waals surface area contributed by atoms with E-state index < -0.39 is 0 Å². The summed E-state index contributed by atoms with van der Waals surface area (Å²) in [6, 6.07) is 10.9. The molecule has 0 radical (unpaired) electrons. The second kappa shape index (κ2) is 8.47. The highest BCUT2D eigenvalue weighted by Crippen LogP contribution is 2.49. The molecule has 3 aromatic heterocycles. The lowest BCUT2D eigenvalue weighted by molar-refractivity contribution is -0.119. The Kier molecular flexibility index (Phi) is 5.39. The predicted molar refractivity (Wildman–Crippen MR) is 138 cm³/mol. The van der Waals surface area contributed by atoms with Crippen molar-refractivity contribution in [3.8, 4) is 22.3 Å². The zero-order chi connectivity index (χ0) is 24.2. The summed E-state index contributed by atoms with van der Waals surface area (Å²) in [7, 11) is 0. The first-order chi connectivity index (χ1) is 17.0. The number of carbonyl (C=O) groups excluding carboxylic acids is 1. The number of hydrogen-bond donors (Lipinski definition) is 0. The summed E-state index contributed by atoms with van der Waals surface area (Å²) in [6.45, 7) is 6.69. The second-order valence-electron chi connectivity index (χ2n) is 10.7. The maximum atomic E-state index is 12.2. The second-order valence-corrected chi connectivity index (χ2v) is 10.7. The van der Waals surface area contributed by atoms with Crippen molar-refractivity contribution in [1.29, 1.82) is 0 Å². The van der Waals surface area contributed by atoms with Crippen molar-refractivity contribution >= 4 is 16.8 Å². The lowest BCUT2D eigenvalue weighted by Gasteiger charge is -2.22. The molecule has 5 nitrogen and oxygen atoms in total. The SMILES string of the molecule is CC(=O)C1(c2ccc(-c3cn(CC4CCCCC4)c4cc(-c5c(C)noc5C)cnc34)cc2)CC1. The molecule has 0 spiro atoms. The van der Waals surface area contributed by atoms with Crippen molar-refractivity contribution < 1.29 is 9.32 Å². The lowest BCUT2D eigenvalue weighted by Crippen LogP contribution is -2.16. The van der Waals surface area contributed by atoms with E-state index in [9.17, 15) is 4.79 Å². The minimum Gasteiger partial charge on any atom is -0.361 e. The predicted octanol–water partition coefficient (Wildman–Crippen LogP) is 7.18. The molecule has 0 amide bonds. The largest absolute Gasteiger partial charge is 0.361 e. The molecular formula is C30H33N3O2. The zero-order valence-corrected chi connectivity index (χ0v) is 20.9. The van der Waals surface area contributed by atoms with Crippen molar-refractivity contribution in [2.75, 3.05) is 0 Å². The van der Waals surface area contributed by atoms with E-state index in [1.807, 2.05) is 20.0 Å². The monoisotopic (exact) mass is 467 g/mol. The van der Waals surface area contributed by atoms with E-state index in [0.29, 0.717) is 5.92 Å². The number of carbonyl (C=O) groups is 1. The number of nitrogens with zero attached hydrogens (tertiary/aromatic N) is 3. The Hall–Kier alpha value is -3.21. The number of rotatable bonds is 6. The van der Waals surface area contributed by atoms with Gasteiger partial charge in [0.2, 0.25) is 0 Å². The van der Waals surface area contributed by atoms with Gasteiger partial charge in [0.15, 0.2) is 0 Å². The highest BCUT2D eigenvalue weighted by atomic mass is 16.5. The lowest BCUT2D eigenvalue weighted by atomic mass is 9.89. The Bertz CT molecular complexity index is 1380. The van der Waals surface area contributed by atoms with Crippen molar-refractivity contribution in [2.24, 2.45) is 5.92 Å². The Morgan fingerprint density at radius 2 is 1.83 bits per heavy atom. The third kappa shape index (κ3) is 3.81. The number of pyridine rings is 1. The van der Waals surface area contributed by atoms with E-state index in [4.69, 9.17) is 9.51 Å². The highest BCUT2D eigenvalue weighted by Gasteiger charge is 2.48. The highest BCUT2D eigenvalue weighted by molar-refractivity contribution is 5.95. The molecule has 6 rings (SSSR count). The molecule has 0 saturated heterocycles. The van der Waals surface area contributed by atoms with Crippen LogP contribution >= 0.6 is 0 Å². The van der Waals surface area contributed by atoms with Crippen molar-refractivity contribution in [1.82, 2.24) is 14.7 Å². The van der Waals surface area contributed by atoms with Gasteiger partial charge < -0.3 is 9.09 Å². The molecule has 5 heteroatoms. The molecule has 0 bridgehead atoms. The van der Waals surface area contributed by atoms with Gasteiger partial charge in [-0.15, -0.1) is 0 Å². The van der Waals surface area contributed by atoms with Gasteiger partial charge in [-0.1, -0.05) is 48.7 Å². The van der Waals surface area contributed by atoms with Gasteiger partial charge in [-0.05, 0) is 69.6 Å². The van der Waals surface area contributed by atoms with Gasteiger partial charge in [-0.25, -0.2) is 0 Å². The number of fused-ring (bicyclic) bond motifs is 1. The van der Waals surface area contributed by atoms with Gasteiger partial charge in [-0.3, -0.25) is 9.78 Å². The number of ketones is 1. The zero-order valence-electron chi connectivity index (χ0n) is 20.9. The Morgan fingerprint density at radius 1 is 1.09 bits per heavy atom. The summed E-state index contributed by atoms with van der Waals surface area (Å²) in [5.74, 6) is 1.81. The summed E-state index contributed by atoms with van der Waals surface area (Å²) < 4.78 is 7.86. The van der Waals surface area contributed by atoms with Gasteiger partial charge in [0.25, 0.3) is 0 Å². The molecule has 2 fully saturated rings. The van der Waals surface area contributed by atoms with Gasteiger partial charge in [0.05, 0.1) is 22.1 Å². The smallest absolute Gasteiger partial charge is 0.141 e. The maximum absolute atomic E-state index is 12.2. The molecule has 0 atom stereocenters. The number of aryl methyl sites for hydroxylation is 2. The molecule has 2 aliphatic carbocycles. The third-order valence-electron chi connectivity index (χ3n) is 8.39. The summed E-state index contributed by atoms with van der Waals surface area (Å²) in [5.41, 5.74) is 8.38. The van der Waals surface area contributed by atoms with Gasteiger partial charge in [0, 0.05) is 35.6 Å². The fourth-order valence-electron chi connectivity index (χ4n) is 6.15. The quantitative estimate of drug-likeness (QED) is 0.301. The minimum atomic E-state index is -0.241. The number of hydrogen-bond acceptors (Lipinski definition) is 4. The summed E-state index contributed by atoms with van der Waals surface area (Å²) in [5, 5.41) is 4.15. The van der Waals surface area contributed by atoms with E-state index >= 15 is 0 Å². The van der Waals surface area contributed by atoms with E-state index in [0.717, 1.165) is 69.7 Å². The molecule has 0 unspecified atom stereocenters. The van der Waals surface area contributed by atoms with E-state index in [-0.39, 0.29) is 11.2 Å². The third-order valence-corrected chi connectivity index (χ3v) is 8.39. The average molecular weight is 468 g/mol. The van der Waals surface area contributed by atoms with Crippen molar-refractivity contribution in [2.45, 2.75) is 77.7 Å². The van der Waals surface area contributed by atoms with Crippen LogP contribution in [0.5, 0.6) is 0 Å². The van der Waals surface area contributed by atoms with E-state index in [1.165, 1.54) is 32.1 Å². The first-order valence-corrected chi connectivity index (χ1v) is 13.0.